The van der Waals surface area contributed by atoms with Crippen LogP contribution in [0.15, 0.2) is 0 Å². The summed E-state index contributed by atoms with van der Waals surface area (Å²) < 4.78 is 6.17. The van der Waals surface area contributed by atoms with Crippen molar-refractivity contribution in [1.82, 2.24) is 15.6 Å². The summed E-state index contributed by atoms with van der Waals surface area (Å²) >= 11 is 1.67. The lowest BCUT2D eigenvalue weighted by atomic mass is 9.82. The first kappa shape index (κ1) is 20.7. The minimum Gasteiger partial charge on any atom is -0.377 e. The van der Waals surface area contributed by atoms with Crippen molar-refractivity contribution in [1.29, 1.82) is 0 Å². The molecule has 27 heavy (non-hydrogen) atoms. The molecule has 5 nitrogen and oxygen atoms in total. The summed E-state index contributed by atoms with van der Waals surface area (Å²) in [5.74, 6) is 0.229. The summed E-state index contributed by atoms with van der Waals surface area (Å²) in [7, 11) is 0. The molecule has 2 aliphatic rings. The number of carbonyl (C=O) groups is 1. The average Bonchev–Trinajstić information content (AvgIpc) is 3.27. The van der Waals surface area contributed by atoms with Gasteiger partial charge < -0.3 is 15.4 Å². The predicted octanol–water partition coefficient (Wildman–Crippen LogP) is 3.87. The van der Waals surface area contributed by atoms with Gasteiger partial charge in [-0.1, -0.05) is 19.8 Å². The molecule has 0 saturated heterocycles. The molecular weight excluding hydrogens is 358 g/mol. The van der Waals surface area contributed by atoms with E-state index in [4.69, 9.17) is 4.74 Å². The fourth-order valence-corrected chi connectivity index (χ4v) is 5.33. The van der Waals surface area contributed by atoms with Gasteiger partial charge in [-0.3, -0.25) is 4.79 Å². The summed E-state index contributed by atoms with van der Waals surface area (Å²) in [6, 6.07) is 1.04. The van der Waals surface area contributed by atoms with E-state index in [0.29, 0.717) is 18.6 Å². The van der Waals surface area contributed by atoms with Crippen molar-refractivity contribution in [3.63, 3.8) is 0 Å². The summed E-state index contributed by atoms with van der Waals surface area (Å²) in [5.41, 5.74) is 1.03. The molecule has 152 valence electrons. The van der Waals surface area contributed by atoms with E-state index in [1.165, 1.54) is 25.7 Å². The molecule has 1 aromatic rings. The van der Waals surface area contributed by atoms with Crippen LogP contribution in [0.2, 0.25) is 0 Å². The van der Waals surface area contributed by atoms with Gasteiger partial charge in [-0.05, 0) is 52.4 Å². The van der Waals surface area contributed by atoms with Gasteiger partial charge in [0.05, 0.1) is 23.4 Å². The first-order chi connectivity index (χ1) is 13.1. The monoisotopic (exact) mass is 393 g/mol. The summed E-state index contributed by atoms with van der Waals surface area (Å²) in [4.78, 5) is 18.4. The molecule has 1 aromatic heterocycles. The SMILES string of the molecule is CCCOC1CC(C(=O)NCc2sc(C)nc2C)CCC1NC1CCCC1. The maximum atomic E-state index is 12.8. The first-order valence-electron chi connectivity index (χ1n) is 10.6. The summed E-state index contributed by atoms with van der Waals surface area (Å²) in [5, 5.41) is 8.04. The topological polar surface area (TPSA) is 63.2 Å². The molecule has 1 heterocycles. The van der Waals surface area contributed by atoms with E-state index >= 15 is 0 Å². The van der Waals surface area contributed by atoms with Crippen LogP contribution >= 0.6 is 11.3 Å². The maximum absolute atomic E-state index is 12.8. The molecule has 3 atom stereocenters. The third-order valence-corrected chi connectivity index (χ3v) is 7.00. The zero-order valence-corrected chi connectivity index (χ0v) is 17.9. The Morgan fingerprint density at radius 2 is 2.00 bits per heavy atom. The van der Waals surface area contributed by atoms with E-state index < -0.39 is 0 Å². The van der Waals surface area contributed by atoms with Crippen LogP contribution in [0.25, 0.3) is 0 Å². The lowest BCUT2D eigenvalue weighted by Gasteiger charge is -2.37. The van der Waals surface area contributed by atoms with Gasteiger partial charge >= 0.3 is 0 Å². The Labute approximate surface area is 167 Å². The Morgan fingerprint density at radius 3 is 2.67 bits per heavy atom. The van der Waals surface area contributed by atoms with Gasteiger partial charge in [0, 0.05) is 29.5 Å². The van der Waals surface area contributed by atoms with Gasteiger partial charge in [0.2, 0.25) is 5.91 Å². The normalized spacial score (nSPS) is 26.4. The number of nitrogens with zero attached hydrogens (tertiary/aromatic N) is 1. The molecule has 0 aliphatic heterocycles. The van der Waals surface area contributed by atoms with Crippen LogP contribution in [0, 0.1) is 19.8 Å². The van der Waals surface area contributed by atoms with Gasteiger partial charge in [0.1, 0.15) is 0 Å². The molecule has 0 spiro atoms. The number of nitrogens with one attached hydrogen (secondary N) is 2. The maximum Gasteiger partial charge on any atom is 0.223 e. The van der Waals surface area contributed by atoms with Crippen LogP contribution in [0.5, 0.6) is 0 Å². The molecule has 1 amide bonds. The third kappa shape index (κ3) is 5.75. The van der Waals surface area contributed by atoms with Crippen LogP contribution in [0.3, 0.4) is 0 Å². The molecule has 2 aliphatic carbocycles. The minimum absolute atomic E-state index is 0.0582. The lowest BCUT2D eigenvalue weighted by molar-refractivity contribution is -0.128. The molecule has 3 rings (SSSR count). The zero-order valence-electron chi connectivity index (χ0n) is 17.1. The molecule has 6 heteroatoms. The van der Waals surface area contributed by atoms with Crippen molar-refractivity contribution in [2.75, 3.05) is 6.61 Å². The fraction of sp³-hybridized carbons (Fsp3) is 0.810. The number of hydrogen-bond donors (Lipinski definition) is 2. The highest BCUT2D eigenvalue weighted by Gasteiger charge is 2.35. The van der Waals surface area contributed by atoms with E-state index in [2.05, 4.69) is 22.5 Å². The van der Waals surface area contributed by atoms with Gasteiger partial charge in [0.25, 0.3) is 0 Å². The van der Waals surface area contributed by atoms with Crippen LogP contribution in [0.4, 0.5) is 0 Å². The van der Waals surface area contributed by atoms with Gasteiger partial charge in [-0.25, -0.2) is 4.98 Å². The van der Waals surface area contributed by atoms with E-state index in [1.807, 2.05) is 13.8 Å². The predicted molar refractivity (Wildman–Crippen MR) is 110 cm³/mol. The zero-order chi connectivity index (χ0) is 19.2. The Kier molecular flexibility index (Phi) is 7.67. The molecule has 0 aromatic carbocycles. The van der Waals surface area contributed by atoms with Crippen LogP contribution in [-0.4, -0.2) is 35.7 Å². The summed E-state index contributed by atoms with van der Waals surface area (Å²) in [6.07, 6.45) is 9.24. The van der Waals surface area contributed by atoms with Gasteiger partial charge in [0.15, 0.2) is 0 Å². The summed E-state index contributed by atoms with van der Waals surface area (Å²) in [6.45, 7) is 7.54. The molecule has 0 bridgehead atoms. The Balaban J connectivity index is 1.53. The second-order valence-electron chi connectivity index (χ2n) is 8.13. The number of thiazole rings is 1. The first-order valence-corrected chi connectivity index (χ1v) is 11.5. The molecule has 2 N–H and O–H groups in total. The number of hydrogen-bond acceptors (Lipinski definition) is 5. The molecular formula is C21H35N3O2S. The standard InChI is InChI=1S/C21H35N3O2S/c1-4-11-26-19-12-16(9-10-18(19)24-17-7-5-6-8-17)21(25)22-13-20-14(2)23-15(3)27-20/h16-19,24H,4-13H2,1-3H3,(H,22,25). The Bertz CT molecular complexity index is 613. The van der Waals surface area contributed by atoms with E-state index in [1.54, 1.807) is 11.3 Å². The van der Waals surface area contributed by atoms with Crippen LogP contribution in [-0.2, 0) is 16.1 Å². The van der Waals surface area contributed by atoms with E-state index in [9.17, 15) is 4.79 Å². The molecule has 2 fully saturated rings. The largest absolute Gasteiger partial charge is 0.377 e. The van der Waals surface area contributed by atoms with Crippen molar-refractivity contribution in [3.8, 4) is 0 Å². The van der Waals surface area contributed by atoms with Gasteiger partial charge in [-0.15, -0.1) is 11.3 Å². The van der Waals surface area contributed by atoms with Gasteiger partial charge in [-0.2, -0.15) is 0 Å². The number of carbonyl (C=O) groups excluding carboxylic acids is 1. The highest BCUT2D eigenvalue weighted by molar-refractivity contribution is 7.11. The van der Waals surface area contributed by atoms with Crippen molar-refractivity contribution in [3.05, 3.63) is 15.6 Å². The molecule has 3 unspecified atom stereocenters. The van der Waals surface area contributed by atoms with E-state index in [-0.39, 0.29) is 17.9 Å². The lowest BCUT2D eigenvalue weighted by Crippen LogP contribution is -2.50. The highest BCUT2D eigenvalue weighted by Crippen LogP contribution is 2.29. The van der Waals surface area contributed by atoms with Crippen molar-refractivity contribution >= 4 is 17.2 Å². The number of rotatable bonds is 8. The number of ether oxygens (including phenoxy) is 1. The van der Waals surface area contributed by atoms with Crippen LogP contribution < -0.4 is 10.6 Å². The molecule has 0 radical (unpaired) electrons. The second-order valence-corrected chi connectivity index (χ2v) is 9.42. The van der Waals surface area contributed by atoms with Crippen molar-refractivity contribution < 1.29 is 9.53 Å². The minimum atomic E-state index is 0.0582. The number of amides is 1. The van der Waals surface area contributed by atoms with Crippen molar-refractivity contribution in [2.45, 2.75) is 96.9 Å². The number of aromatic nitrogens is 1. The number of aryl methyl sites for hydroxylation is 2. The Morgan fingerprint density at radius 1 is 1.22 bits per heavy atom. The smallest absolute Gasteiger partial charge is 0.223 e. The quantitative estimate of drug-likeness (QED) is 0.704. The van der Waals surface area contributed by atoms with E-state index in [0.717, 1.165) is 47.9 Å². The fourth-order valence-electron chi connectivity index (χ4n) is 4.46. The van der Waals surface area contributed by atoms with Crippen LogP contribution in [0.1, 0.15) is 73.9 Å². The highest BCUT2D eigenvalue weighted by atomic mass is 32.1. The second kappa shape index (κ2) is 9.99. The average molecular weight is 394 g/mol. The third-order valence-electron chi connectivity index (χ3n) is 5.93. The molecule has 2 saturated carbocycles. The Hall–Kier alpha value is -0.980. The van der Waals surface area contributed by atoms with Crippen molar-refractivity contribution in [2.24, 2.45) is 5.92 Å².